The summed E-state index contributed by atoms with van der Waals surface area (Å²) in [6.45, 7) is -0.367. The molecule has 1 aliphatic heterocycles. The normalized spacial score (nSPS) is 25.5. The molecule has 0 aromatic carbocycles. The van der Waals surface area contributed by atoms with Crippen LogP contribution in [0.1, 0.15) is 19.1 Å². The molecule has 3 heterocycles. The molecule has 2 aromatic rings. The van der Waals surface area contributed by atoms with Crippen LogP contribution in [0.2, 0.25) is 0 Å². The third-order valence-electron chi connectivity index (χ3n) is 3.93. The van der Waals surface area contributed by atoms with Crippen LogP contribution in [0.5, 0.6) is 0 Å². The van der Waals surface area contributed by atoms with Crippen molar-refractivity contribution in [3.05, 3.63) is 23.0 Å². The number of aromatic amines is 1. The Balaban J connectivity index is 1.69. The molecule has 3 rings (SSSR count). The van der Waals surface area contributed by atoms with E-state index in [9.17, 15) is 24.6 Å². The van der Waals surface area contributed by atoms with Crippen molar-refractivity contribution < 1.29 is 34.4 Å². The molecule has 1 aliphatic rings. The van der Waals surface area contributed by atoms with E-state index in [1.165, 1.54) is 17.2 Å². The minimum Gasteiger partial charge on any atom is -0.481 e. The van der Waals surface area contributed by atoms with E-state index in [2.05, 4.69) is 15.0 Å². The van der Waals surface area contributed by atoms with Gasteiger partial charge in [0.05, 0.1) is 25.5 Å². The lowest BCUT2D eigenvalue weighted by atomic mass is 10.1. The first-order chi connectivity index (χ1) is 12.4. The topological polar surface area (TPSA) is 177 Å². The Morgan fingerprint density at radius 2 is 2.04 bits per heavy atom. The van der Waals surface area contributed by atoms with Gasteiger partial charge in [-0.15, -0.1) is 0 Å². The fourth-order valence-electron chi connectivity index (χ4n) is 2.60. The zero-order valence-corrected chi connectivity index (χ0v) is 13.3. The average Bonchev–Trinajstić information content (AvgIpc) is 3.15. The molecule has 12 heteroatoms. The Morgan fingerprint density at radius 1 is 1.27 bits per heavy atom. The van der Waals surface area contributed by atoms with Crippen molar-refractivity contribution in [2.24, 2.45) is 0 Å². The van der Waals surface area contributed by atoms with E-state index in [1.54, 1.807) is 0 Å². The monoisotopic (exact) mass is 368 g/mol. The first-order valence-electron chi connectivity index (χ1n) is 7.67. The van der Waals surface area contributed by atoms with Crippen molar-refractivity contribution in [2.75, 3.05) is 6.61 Å². The maximum atomic E-state index is 11.7. The highest BCUT2D eigenvalue weighted by Crippen LogP contribution is 2.31. The van der Waals surface area contributed by atoms with E-state index in [0.717, 1.165) is 0 Å². The summed E-state index contributed by atoms with van der Waals surface area (Å²) in [6.07, 6.45) is -3.15. The standard InChI is InChI=1S/C14H16N4O8/c19-7(20)1-2-8(21)25-3-6-10(22)11(23)14(26-6)18-5-17-9-12(18)15-4-16-13(9)24/h4-6,10-11,14,22-23H,1-3H2,(H,19,20)(H,15,16,24)/t6-,10-,11-,14-/m1/s1. The molecule has 0 spiro atoms. The summed E-state index contributed by atoms with van der Waals surface area (Å²) in [5, 5.41) is 28.8. The summed E-state index contributed by atoms with van der Waals surface area (Å²) in [7, 11) is 0. The van der Waals surface area contributed by atoms with Gasteiger partial charge < -0.3 is 29.8 Å². The maximum absolute atomic E-state index is 11.7. The van der Waals surface area contributed by atoms with Crippen LogP contribution in [0, 0.1) is 0 Å². The van der Waals surface area contributed by atoms with Crippen molar-refractivity contribution in [2.45, 2.75) is 37.4 Å². The molecule has 1 fully saturated rings. The number of hydrogen-bond donors (Lipinski definition) is 4. The van der Waals surface area contributed by atoms with Crippen LogP contribution in [0.25, 0.3) is 11.2 Å². The van der Waals surface area contributed by atoms with Crippen molar-refractivity contribution >= 4 is 23.1 Å². The van der Waals surface area contributed by atoms with Crippen molar-refractivity contribution in [1.82, 2.24) is 19.5 Å². The number of rotatable bonds is 6. The number of aromatic nitrogens is 4. The minimum atomic E-state index is -1.38. The quantitative estimate of drug-likeness (QED) is 0.423. The Hall–Kier alpha value is -2.83. The van der Waals surface area contributed by atoms with E-state index in [4.69, 9.17) is 14.6 Å². The molecule has 0 aliphatic carbocycles. The van der Waals surface area contributed by atoms with Crippen LogP contribution in [0.15, 0.2) is 17.4 Å². The summed E-state index contributed by atoms with van der Waals surface area (Å²) < 4.78 is 11.7. The first kappa shape index (κ1) is 18.0. The highest BCUT2D eigenvalue weighted by Gasteiger charge is 2.44. The predicted octanol–water partition coefficient (Wildman–Crippen LogP) is -1.85. The summed E-state index contributed by atoms with van der Waals surface area (Å²) in [5.41, 5.74) is -0.267. The highest BCUT2D eigenvalue weighted by molar-refractivity contribution is 5.76. The average molecular weight is 368 g/mol. The van der Waals surface area contributed by atoms with E-state index < -0.39 is 42.0 Å². The van der Waals surface area contributed by atoms with Gasteiger partial charge >= 0.3 is 11.9 Å². The fourth-order valence-corrected chi connectivity index (χ4v) is 2.60. The van der Waals surface area contributed by atoms with Crippen LogP contribution in [-0.2, 0) is 19.1 Å². The molecule has 2 aromatic heterocycles. The van der Waals surface area contributed by atoms with Crippen LogP contribution in [0.3, 0.4) is 0 Å². The number of nitrogens with zero attached hydrogens (tertiary/aromatic N) is 3. The molecule has 0 unspecified atom stereocenters. The number of aliphatic hydroxyl groups excluding tert-OH is 2. The zero-order valence-electron chi connectivity index (χ0n) is 13.3. The van der Waals surface area contributed by atoms with Gasteiger partial charge in [0.1, 0.15) is 24.9 Å². The Kier molecular flexibility index (Phi) is 4.97. The number of aliphatic carboxylic acids is 1. The van der Waals surface area contributed by atoms with Crippen molar-refractivity contribution in [3.63, 3.8) is 0 Å². The molecule has 4 N–H and O–H groups in total. The lowest BCUT2D eigenvalue weighted by Gasteiger charge is -2.16. The predicted molar refractivity (Wildman–Crippen MR) is 81.9 cm³/mol. The fraction of sp³-hybridized carbons (Fsp3) is 0.500. The summed E-state index contributed by atoms with van der Waals surface area (Å²) in [6, 6.07) is 0. The molecule has 140 valence electrons. The number of carboxylic acid groups (broad SMARTS) is 1. The first-order valence-corrected chi connectivity index (χ1v) is 7.67. The largest absolute Gasteiger partial charge is 0.481 e. The number of carboxylic acids is 1. The molecular weight excluding hydrogens is 352 g/mol. The lowest BCUT2D eigenvalue weighted by molar-refractivity contribution is -0.152. The van der Waals surface area contributed by atoms with Gasteiger partial charge in [-0.25, -0.2) is 9.97 Å². The highest BCUT2D eigenvalue weighted by atomic mass is 16.6. The molecular formula is C14H16N4O8. The second-order valence-corrected chi connectivity index (χ2v) is 5.68. The van der Waals surface area contributed by atoms with E-state index >= 15 is 0 Å². The Labute approximate surface area is 145 Å². The SMILES string of the molecule is O=C(O)CCC(=O)OC[C@H]1O[C@@H](n2cnc3c(=O)[nH]cnc32)[C@H](O)[C@@H]1O. The molecule has 0 radical (unpaired) electrons. The Morgan fingerprint density at radius 3 is 2.77 bits per heavy atom. The number of carbonyl (C=O) groups is 2. The van der Waals surface area contributed by atoms with Gasteiger partial charge in [0.2, 0.25) is 0 Å². The molecule has 0 bridgehead atoms. The summed E-state index contributed by atoms with van der Waals surface area (Å²) in [5.74, 6) is -1.90. The number of imidazole rings is 1. The summed E-state index contributed by atoms with van der Waals surface area (Å²) in [4.78, 5) is 43.8. The van der Waals surface area contributed by atoms with Crippen molar-refractivity contribution in [1.29, 1.82) is 0 Å². The van der Waals surface area contributed by atoms with E-state index in [0.29, 0.717) is 0 Å². The molecule has 1 saturated heterocycles. The van der Waals surface area contributed by atoms with Gasteiger partial charge in [0.15, 0.2) is 17.4 Å². The van der Waals surface area contributed by atoms with Gasteiger partial charge in [-0.2, -0.15) is 0 Å². The molecule has 12 nitrogen and oxygen atoms in total. The number of aliphatic hydroxyl groups is 2. The number of nitrogens with one attached hydrogen (secondary N) is 1. The van der Waals surface area contributed by atoms with Crippen molar-refractivity contribution in [3.8, 4) is 0 Å². The zero-order chi connectivity index (χ0) is 18.8. The maximum Gasteiger partial charge on any atom is 0.306 e. The third kappa shape index (κ3) is 3.42. The summed E-state index contributed by atoms with van der Waals surface area (Å²) >= 11 is 0. The second-order valence-electron chi connectivity index (χ2n) is 5.68. The van der Waals surface area contributed by atoms with Gasteiger partial charge in [-0.3, -0.25) is 19.0 Å². The van der Waals surface area contributed by atoms with E-state index in [-0.39, 0.29) is 30.6 Å². The Bertz CT molecular complexity index is 877. The number of esters is 1. The molecule has 4 atom stereocenters. The number of hydrogen-bond acceptors (Lipinski definition) is 9. The van der Waals surface area contributed by atoms with Gasteiger partial charge in [0.25, 0.3) is 5.56 Å². The van der Waals surface area contributed by atoms with Crippen LogP contribution in [-0.4, -0.2) is 71.7 Å². The van der Waals surface area contributed by atoms with E-state index in [1.807, 2.05) is 0 Å². The van der Waals surface area contributed by atoms with Gasteiger partial charge in [0, 0.05) is 0 Å². The van der Waals surface area contributed by atoms with Gasteiger partial charge in [-0.1, -0.05) is 0 Å². The number of H-pyrrole nitrogens is 1. The van der Waals surface area contributed by atoms with Gasteiger partial charge in [-0.05, 0) is 0 Å². The van der Waals surface area contributed by atoms with Crippen LogP contribution < -0.4 is 5.56 Å². The van der Waals surface area contributed by atoms with Crippen LogP contribution in [0.4, 0.5) is 0 Å². The molecule has 0 saturated carbocycles. The number of fused-ring (bicyclic) bond motifs is 1. The second kappa shape index (κ2) is 7.19. The third-order valence-corrected chi connectivity index (χ3v) is 3.93. The van der Waals surface area contributed by atoms with Crippen LogP contribution >= 0.6 is 0 Å². The number of carbonyl (C=O) groups excluding carboxylic acids is 1. The lowest BCUT2D eigenvalue weighted by Crippen LogP contribution is -2.34. The smallest absolute Gasteiger partial charge is 0.306 e. The number of ether oxygens (including phenoxy) is 2. The molecule has 0 amide bonds. The molecule has 26 heavy (non-hydrogen) atoms. The minimum absolute atomic E-state index is 0.0429.